The van der Waals surface area contributed by atoms with E-state index >= 15 is 0 Å². The van der Waals surface area contributed by atoms with Crippen LogP contribution < -0.4 is 0 Å². The van der Waals surface area contributed by atoms with E-state index in [0.29, 0.717) is 6.54 Å². The van der Waals surface area contributed by atoms with Gasteiger partial charge in [0.1, 0.15) is 0 Å². The fourth-order valence-electron chi connectivity index (χ4n) is 2.17. The van der Waals surface area contributed by atoms with Crippen molar-refractivity contribution in [3.05, 3.63) is 35.9 Å². The Morgan fingerprint density at radius 1 is 1.47 bits per heavy atom. The van der Waals surface area contributed by atoms with E-state index in [1.807, 2.05) is 36.6 Å². The van der Waals surface area contributed by atoms with Crippen molar-refractivity contribution in [3.63, 3.8) is 0 Å². The van der Waals surface area contributed by atoms with Crippen molar-refractivity contribution in [2.45, 2.75) is 11.3 Å². The van der Waals surface area contributed by atoms with Crippen molar-refractivity contribution in [1.82, 2.24) is 4.90 Å². The largest absolute Gasteiger partial charge is 0.396 e. The first kappa shape index (κ1) is 14.2. The number of carbonyl (C=O) groups is 1. The molecule has 3 nitrogen and oxygen atoms in total. The third-order valence-corrected chi connectivity index (χ3v) is 4.13. The van der Waals surface area contributed by atoms with Crippen LogP contribution in [0.2, 0.25) is 0 Å². The zero-order chi connectivity index (χ0) is 13.7. The fraction of sp³-hybridized carbons (Fsp3) is 0.400. The molecule has 0 radical (unpaired) electrons. The lowest BCUT2D eigenvalue weighted by atomic mass is 10.1. The Hall–Kier alpha value is -1.26. The number of carbonyl (C=O) groups excluding carboxylic acids is 1. The summed E-state index contributed by atoms with van der Waals surface area (Å²) in [5.41, 5.74) is 1.03. The van der Waals surface area contributed by atoms with Gasteiger partial charge >= 0.3 is 0 Å². The number of amides is 1. The lowest BCUT2D eigenvalue weighted by molar-refractivity contribution is -0.125. The SMILES string of the molecule is CSc1ccc(/C=C/C(=O)N2CCC(CO)C2)cc1. The van der Waals surface area contributed by atoms with Crippen LogP contribution in [0.15, 0.2) is 35.2 Å². The van der Waals surface area contributed by atoms with Gasteiger partial charge in [-0.15, -0.1) is 11.8 Å². The molecule has 0 saturated carbocycles. The predicted octanol–water partition coefficient (Wildman–Crippen LogP) is 2.26. The first-order valence-electron chi connectivity index (χ1n) is 6.45. The van der Waals surface area contributed by atoms with E-state index in [1.54, 1.807) is 22.7 Å². The van der Waals surface area contributed by atoms with Gasteiger partial charge in [-0.25, -0.2) is 0 Å². The van der Waals surface area contributed by atoms with Crippen molar-refractivity contribution in [2.24, 2.45) is 5.92 Å². The molecule has 19 heavy (non-hydrogen) atoms. The lowest BCUT2D eigenvalue weighted by Gasteiger charge is -2.13. The smallest absolute Gasteiger partial charge is 0.246 e. The van der Waals surface area contributed by atoms with Crippen molar-refractivity contribution in [2.75, 3.05) is 26.0 Å². The second kappa shape index (κ2) is 6.78. The average Bonchev–Trinajstić information content (AvgIpc) is 2.94. The minimum atomic E-state index is 0.0323. The van der Waals surface area contributed by atoms with E-state index in [0.717, 1.165) is 18.5 Å². The number of likely N-dealkylation sites (tertiary alicyclic amines) is 1. The molecule has 0 aromatic heterocycles. The zero-order valence-corrected chi connectivity index (χ0v) is 11.9. The molecule has 0 aliphatic carbocycles. The Morgan fingerprint density at radius 2 is 2.21 bits per heavy atom. The van der Waals surface area contributed by atoms with Gasteiger partial charge in [0.05, 0.1) is 0 Å². The van der Waals surface area contributed by atoms with Gasteiger partial charge in [-0.1, -0.05) is 12.1 Å². The highest BCUT2D eigenvalue weighted by molar-refractivity contribution is 7.98. The van der Waals surface area contributed by atoms with Gasteiger partial charge in [-0.05, 0) is 36.4 Å². The standard InChI is InChI=1S/C15H19NO2S/c1-19-14-5-2-12(3-6-14)4-7-15(18)16-9-8-13(10-16)11-17/h2-7,13,17H,8-11H2,1H3/b7-4+. The number of benzene rings is 1. The van der Waals surface area contributed by atoms with Crippen molar-refractivity contribution >= 4 is 23.7 Å². The first-order chi connectivity index (χ1) is 9.22. The van der Waals surface area contributed by atoms with Crippen LogP contribution >= 0.6 is 11.8 Å². The minimum absolute atomic E-state index is 0.0323. The van der Waals surface area contributed by atoms with Crippen LogP contribution in [0.1, 0.15) is 12.0 Å². The highest BCUT2D eigenvalue weighted by atomic mass is 32.2. The maximum absolute atomic E-state index is 12.0. The molecule has 102 valence electrons. The molecule has 1 aromatic rings. The summed E-state index contributed by atoms with van der Waals surface area (Å²) in [6.07, 6.45) is 6.41. The molecule has 0 spiro atoms. The summed E-state index contributed by atoms with van der Waals surface area (Å²) >= 11 is 1.70. The van der Waals surface area contributed by atoms with Gasteiger partial charge in [-0.2, -0.15) is 0 Å². The molecule has 1 heterocycles. The molecule has 1 amide bonds. The van der Waals surface area contributed by atoms with Crippen LogP contribution in [0, 0.1) is 5.92 Å². The van der Waals surface area contributed by atoms with Gasteiger partial charge in [0.15, 0.2) is 0 Å². The quantitative estimate of drug-likeness (QED) is 0.678. The molecule has 1 aliphatic heterocycles. The third-order valence-electron chi connectivity index (χ3n) is 3.39. The van der Waals surface area contributed by atoms with Crippen LogP contribution in [-0.2, 0) is 4.79 Å². The maximum atomic E-state index is 12.0. The molecule has 1 atom stereocenters. The van der Waals surface area contributed by atoms with Gasteiger partial charge in [0.25, 0.3) is 0 Å². The van der Waals surface area contributed by atoms with Gasteiger partial charge in [0, 0.05) is 36.6 Å². The van der Waals surface area contributed by atoms with Crippen LogP contribution in [0.4, 0.5) is 0 Å². The summed E-state index contributed by atoms with van der Waals surface area (Å²) < 4.78 is 0. The summed E-state index contributed by atoms with van der Waals surface area (Å²) in [6, 6.07) is 8.12. The van der Waals surface area contributed by atoms with Gasteiger partial charge < -0.3 is 10.0 Å². The van der Waals surface area contributed by atoms with E-state index in [-0.39, 0.29) is 18.4 Å². The number of thioether (sulfide) groups is 1. The molecular formula is C15H19NO2S. The normalized spacial score (nSPS) is 19.3. The average molecular weight is 277 g/mol. The number of aliphatic hydroxyl groups excluding tert-OH is 1. The molecule has 1 aliphatic rings. The Bertz CT molecular complexity index is 456. The summed E-state index contributed by atoms with van der Waals surface area (Å²) in [4.78, 5) is 15.0. The topological polar surface area (TPSA) is 40.5 Å². The predicted molar refractivity (Wildman–Crippen MR) is 79.0 cm³/mol. The van der Waals surface area contributed by atoms with Crippen LogP contribution in [0.3, 0.4) is 0 Å². The van der Waals surface area contributed by atoms with E-state index in [4.69, 9.17) is 5.11 Å². The van der Waals surface area contributed by atoms with Gasteiger partial charge in [-0.3, -0.25) is 4.79 Å². The summed E-state index contributed by atoms with van der Waals surface area (Å²) in [6.45, 7) is 1.59. The summed E-state index contributed by atoms with van der Waals surface area (Å²) in [5, 5.41) is 9.06. The molecule has 1 N–H and O–H groups in total. The van der Waals surface area contributed by atoms with Crippen LogP contribution in [0.5, 0.6) is 0 Å². The monoisotopic (exact) mass is 277 g/mol. The van der Waals surface area contributed by atoms with Crippen molar-refractivity contribution < 1.29 is 9.90 Å². The minimum Gasteiger partial charge on any atom is -0.396 e. The first-order valence-corrected chi connectivity index (χ1v) is 7.67. The molecule has 4 heteroatoms. The lowest BCUT2D eigenvalue weighted by Crippen LogP contribution is -2.27. The van der Waals surface area contributed by atoms with Crippen LogP contribution in [-0.4, -0.2) is 41.9 Å². The zero-order valence-electron chi connectivity index (χ0n) is 11.1. The number of aliphatic hydroxyl groups is 1. The number of hydrogen-bond acceptors (Lipinski definition) is 3. The molecule has 1 unspecified atom stereocenters. The Balaban J connectivity index is 1.92. The molecule has 2 rings (SSSR count). The highest BCUT2D eigenvalue weighted by Crippen LogP contribution is 2.17. The Kier molecular flexibility index (Phi) is 5.05. The second-order valence-corrected chi connectivity index (χ2v) is 5.61. The van der Waals surface area contributed by atoms with Crippen LogP contribution in [0.25, 0.3) is 6.08 Å². The summed E-state index contributed by atoms with van der Waals surface area (Å²) in [7, 11) is 0. The molecule has 1 aromatic carbocycles. The van der Waals surface area contributed by atoms with Crippen molar-refractivity contribution in [3.8, 4) is 0 Å². The maximum Gasteiger partial charge on any atom is 0.246 e. The molecular weight excluding hydrogens is 258 g/mol. The number of hydrogen-bond donors (Lipinski definition) is 1. The van der Waals surface area contributed by atoms with E-state index < -0.39 is 0 Å². The number of nitrogens with zero attached hydrogens (tertiary/aromatic N) is 1. The Labute approximate surface area is 118 Å². The van der Waals surface area contributed by atoms with Crippen molar-refractivity contribution in [1.29, 1.82) is 0 Å². The third kappa shape index (κ3) is 3.85. The summed E-state index contributed by atoms with van der Waals surface area (Å²) in [5.74, 6) is 0.281. The van der Waals surface area contributed by atoms with E-state index in [1.165, 1.54) is 4.90 Å². The fourth-order valence-corrected chi connectivity index (χ4v) is 2.58. The second-order valence-electron chi connectivity index (χ2n) is 4.73. The van der Waals surface area contributed by atoms with E-state index in [9.17, 15) is 4.79 Å². The number of rotatable bonds is 4. The van der Waals surface area contributed by atoms with E-state index in [2.05, 4.69) is 0 Å². The molecule has 1 saturated heterocycles. The highest BCUT2D eigenvalue weighted by Gasteiger charge is 2.23. The van der Waals surface area contributed by atoms with Gasteiger partial charge in [0.2, 0.25) is 5.91 Å². The Morgan fingerprint density at radius 3 is 2.79 bits per heavy atom. The molecule has 0 bridgehead atoms. The molecule has 1 fully saturated rings.